The normalized spacial score (nSPS) is 23.1. The molecule has 2 rings (SSSR count). The molecule has 1 amide bonds. The second kappa shape index (κ2) is 6.92. The summed E-state index contributed by atoms with van der Waals surface area (Å²) in [5.74, 6) is 1.23. The summed E-state index contributed by atoms with van der Waals surface area (Å²) in [6, 6.07) is 0.00634. The molecule has 0 saturated carbocycles. The quantitative estimate of drug-likeness (QED) is 0.563. The van der Waals surface area contributed by atoms with Gasteiger partial charge in [0, 0.05) is 53.4 Å². The summed E-state index contributed by atoms with van der Waals surface area (Å²) >= 11 is 0. The summed E-state index contributed by atoms with van der Waals surface area (Å²) in [7, 11) is 3.70. The molecule has 2 fully saturated rings. The van der Waals surface area contributed by atoms with Crippen molar-refractivity contribution in [1.82, 2.24) is 20.0 Å². The Morgan fingerprint density at radius 2 is 1.65 bits per heavy atom. The maximum absolute atomic E-state index is 12.4. The minimum absolute atomic E-state index is 0.00634. The number of hydrogen-bond donors (Lipinski definition) is 1. The SMILES string of the molecule is CN=C(NC)N1CCN(C(C)C(=O)N2CCCC2)CC1. The van der Waals surface area contributed by atoms with Crippen molar-refractivity contribution in [3.63, 3.8) is 0 Å². The van der Waals surface area contributed by atoms with E-state index in [4.69, 9.17) is 0 Å². The van der Waals surface area contributed by atoms with Gasteiger partial charge in [0.2, 0.25) is 5.91 Å². The van der Waals surface area contributed by atoms with Gasteiger partial charge in [-0.2, -0.15) is 0 Å². The molecule has 1 atom stereocenters. The molecule has 0 aromatic heterocycles. The molecular weight excluding hydrogens is 254 g/mol. The van der Waals surface area contributed by atoms with E-state index in [2.05, 4.69) is 20.1 Å². The van der Waals surface area contributed by atoms with Crippen LogP contribution in [0.3, 0.4) is 0 Å². The first-order valence-corrected chi connectivity index (χ1v) is 7.59. The third kappa shape index (κ3) is 3.23. The fourth-order valence-electron chi connectivity index (χ4n) is 3.09. The van der Waals surface area contributed by atoms with Crippen LogP contribution in [0.5, 0.6) is 0 Å². The van der Waals surface area contributed by atoms with Gasteiger partial charge >= 0.3 is 0 Å². The Hall–Kier alpha value is -1.30. The number of nitrogens with one attached hydrogen (secondary N) is 1. The molecular formula is C14H27N5O. The summed E-state index contributed by atoms with van der Waals surface area (Å²) in [5, 5.41) is 3.12. The summed E-state index contributed by atoms with van der Waals surface area (Å²) in [6.45, 7) is 7.60. The van der Waals surface area contributed by atoms with Gasteiger partial charge in [-0.15, -0.1) is 0 Å². The topological polar surface area (TPSA) is 51.2 Å². The van der Waals surface area contributed by atoms with Gasteiger partial charge in [0.25, 0.3) is 0 Å². The third-order valence-corrected chi connectivity index (χ3v) is 4.37. The lowest BCUT2D eigenvalue weighted by atomic mass is 10.2. The first-order chi connectivity index (χ1) is 9.67. The maximum atomic E-state index is 12.4. The Balaban J connectivity index is 1.85. The predicted octanol–water partition coefficient (Wildman–Crippen LogP) is -0.180. The molecule has 0 spiro atoms. The van der Waals surface area contributed by atoms with Crippen LogP contribution < -0.4 is 5.32 Å². The maximum Gasteiger partial charge on any atom is 0.239 e. The summed E-state index contributed by atoms with van der Waals surface area (Å²) in [6.07, 6.45) is 2.31. The van der Waals surface area contributed by atoms with Crippen molar-refractivity contribution in [2.45, 2.75) is 25.8 Å². The lowest BCUT2D eigenvalue weighted by Crippen LogP contribution is -2.56. The fraction of sp³-hybridized carbons (Fsp3) is 0.857. The van der Waals surface area contributed by atoms with Crippen LogP contribution in [0.1, 0.15) is 19.8 Å². The molecule has 1 N–H and O–H groups in total. The highest BCUT2D eigenvalue weighted by atomic mass is 16.2. The Bertz CT molecular complexity index is 357. The second-order valence-corrected chi connectivity index (χ2v) is 5.53. The van der Waals surface area contributed by atoms with Gasteiger partial charge in [-0.05, 0) is 19.8 Å². The number of aliphatic imine (C=N–C) groups is 1. The van der Waals surface area contributed by atoms with Gasteiger partial charge in [0.1, 0.15) is 0 Å². The Labute approximate surface area is 121 Å². The van der Waals surface area contributed by atoms with Crippen LogP contribution in [0.2, 0.25) is 0 Å². The van der Waals surface area contributed by atoms with Gasteiger partial charge < -0.3 is 15.1 Å². The molecule has 0 aromatic rings. The van der Waals surface area contributed by atoms with E-state index in [9.17, 15) is 4.79 Å². The van der Waals surface area contributed by atoms with Crippen molar-refractivity contribution in [2.75, 3.05) is 53.4 Å². The lowest BCUT2D eigenvalue weighted by Gasteiger charge is -2.39. The number of carbonyl (C=O) groups is 1. The Morgan fingerprint density at radius 3 is 2.15 bits per heavy atom. The number of nitrogens with zero attached hydrogens (tertiary/aromatic N) is 4. The van der Waals surface area contributed by atoms with E-state index in [0.29, 0.717) is 5.91 Å². The second-order valence-electron chi connectivity index (χ2n) is 5.53. The van der Waals surface area contributed by atoms with Crippen molar-refractivity contribution >= 4 is 11.9 Å². The molecule has 6 nitrogen and oxygen atoms in total. The number of rotatable bonds is 2. The van der Waals surface area contributed by atoms with Crippen molar-refractivity contribution in [3.05, 3.63) is 0 Å². The minimum atomic E-state index is 0.00634. The molecule has 20 heavy (non-hydrogen) atoms. The number of guanidine groups is 1. The van der Waals surface area contributed by atoms with Crippen LogP contribution in [-0.2, 0) is 4.79 Å². The van der Waals surface area contributed by atoms with Crippen LogP contribution in [-0.4, -0.2) is 86.0 Å². The summed E-state index contributed by atoms with van der Waals surface area (Å²) in [4.78, 5) is 23.2. The molecule has 1 unspecified atom stereocenters. The zero-order valence-corrected chi connectivity index (χ0v) is 12.9. The van der Waals surface area contributed by atoms with Crippen LogP contribution in [0, 0.1) is 0 Å². The lowest BCUT2D eigenvalue weighted by molar-refractivity contribution is -0.135. The van der Waals surface area contributed by atoms with Crippen molar-refractivity contribution in [2.24, 2.45) is 4.99 Å². The molecule has 2 heterocycles. The van der Waals surface area contributed by atoms with Gasteiger partial charge in [-0.3, -0.25) is 14.7 Å². The highest BCUT2D eigenvalue weighted by Gasteiger charge is 2.30. The zero-order chi connectivity index (χ0) is 14.5. The average Bonchev–Trinajstić information content (AvgIpc) is 3.02. The van der Waals surface area contributed by atoms with E-state index < -0.39 is 0 Å². The molecule has 2 saturated heterocycles. The van der Waals surface area contributed by atoms with Crippen molar-refractivity contribution in [3.8, 4) is 0 Å². The fourth-order valence-corrected chi connectivity index (χ4v) is 3.09. The monoisotopic (exact) mass is 281 g/mol. The number of carbonyl (C=O) groups excluding carboxylic acids is 1. The van der Waals surface area contributed by atoms with Crippen LogP contribution >= 0.6 is 0 Å². The third-order valence-electron chi connectivity index (χ3n) is 4.37. The van der Waals surface area contributed by atoms with E-state index in [1.54, 1.807) is 7.05 Å². The highest BCUT2D eigenvalue weighted by molar-refractivity contribution is 5.82. The Kier molecular flexibility index (Phi) is 5.23. The van der Waals surface area contributed by atoms with Crippen LogP contribution in [0.4, 0.5) is 0 Å². The van der Waals surface area contributed by atoms with Gasteiger partial charge in [-0.25, -0.2) is 0 Å². The minimum Gasteiger partial charge on any atom is -0.359 e. The summed E-state index contributed by atoms with van der Waals surface area (Å²) in [5.41, 5.74) is 0. The molecule has 114 valence electrons. The molecule has 0 bridgehead atoms. The Morgan fingerprint density at radius 1 is 1.05 bits per heavy atom. The largest absolute Gasteiger partial charge is 0.359 e. The van der Waals surface area contributed by atoms with Crippen LogP contribution in [0.15, 0.2) is 4.99 Å². The molecule has 6 heteroatoms. The van der Waals surface area contributed by atoms with Gasteiger partial charge in [0.15, 0.2) is 5.96 Å². The first kappa shape index (κ1) is 15.1. The number of likely N-dealkylation sites (tertiary alicyclic amines) is 1. The molecule has 0 aromatic carbocycles. The van der Waals surface area contributed by atoms with Crippen molar-refractivity contribution < 1.29 is 4.79 Å². The molecule has 0 radical (unpaired) electrons. The first-order valence-electron chi connectivity index (χ1n) is 7.59. The average molecular weight is 281 g/mol. The summed E-state index contributed by atoms with van der Waals surface area (Å²) < 4.78 is 0. The zero-order valence-electron chi connectivity index (χ0n) is 12.9. The number of piperazine rings is 1. The van der Waals surface area contributed by atoms with E-state index >= 15 is 0 Å². The van der Waals surface area contributed by atoms with E-state index in [1.165, 1.54) is 0 Å². The van der Waals surface area contributed by atoms with Crippen LogP contribution in [0.25, 0.3) is 0 Å². The van der Waals surface area contributed by atoms with E-state index in [-0.39, 0.29) is 6.04 Å². The van der Waals surface area contributed by atoms with E-state index in [1.807, 2.05) is 18.9 Å². The van der Waals surface area contributed by atoms with Gasteiger partial charge in [-0.1, -0.05) is 0 Å². The number of hydrogen-bond acceptors (Lipinski definition) is 3. The molecule has 0 aliphatic carbocycles. The molecule has 2 aliphatic heterocycles. The van der Waals surface area contributed by atoms with Gasteiger partial charge in [0.05, 0.1) is 6.04 Å². The smallest absolute Gasteiger partial charge is 0.239 e. The number of amides is 1. The van der Waals surface area contributed by atoms with E-state index in [0.717, 1.165) is 58.1 Å². The standard InChI is InChI=1S/C14H27N5O/c1-12(13(20)18-6-4-5-7-18)17-8-10-19(11-9-17)14(15-2)16-3/h12H,4-11H2,1-3H3,(H,15,16). The molecule has 2 aliphatic rings. The highest BCUT2D eigenvalue weighted by Crippen LogP contribution is 2.13. The van der Waals surface area contributed by atoms with Crippen molar-refractivity contribution in [1.29, 1.82) is 0 Å². The predicted molar refractivity (Wildman–Crippen MR) is 80.8 cm³/mol.